The van der Waals surface area contributed by atoms with Crippen LogP contribution in [0.15, 0.2) is 42.9 Å². The Bertz CT molecular complexity index is 714. The van der Waals surface area contributed by atoms with Gasteiger partial charge in [0, 0.05) is 17.8 Å². The third kappa shape index (κ3) is 1.85. The lowest BCUT2D eigenvalue weighted by atomic mass is 10.1. The van der Waals surface area contributed by atoms with E-state index in [4.69, 9.17) is 5.73 Å². The van der Waals surface area contributed by atoms with Crippen LogP contribution in [0.4, 0.5) is 5.82 Å². The first-order chi connectivity index (χ1) is 9.18. The second-order valence-corrected chi connectivity index (χ2v) is 4.87. The fraction of sp³-hybridized carbons (Fsp3) is 0.200. The zero-order valence-corrected chi connectivity index (χ0v) is 11.0. The van der Waals surface area contributed by atoms with Crippen LogP contribution in [-0.4, -0.2) is 14.5 Å². The van der Waals surface area contributed by atoms with Gasteiger partial charge in [-0.2, -0.15) is 0 Å². The van der Waals surface area contributed by atoms with Gasteiger partial charge in [-0.1, -0.05) is 30.3 Å². The smallest absolute Gasteiger partial charge is 0.151 e. The van der Waals surface area contributed by atoms with Crippen LogP contribution in [0.5, 0.6) is 0 Å². The normalized spacial score (nSPS) is 11.3. The van der Waals surface area contributed by atoms with Gasteiger partial charge in [-0.05, 0) is 19.4 Å². The lowest BCUT2D eigenvalue weighted by Crippen LogP contribution is -2.02. The Morgan fingerprint density at radius 1 is 1.11 bits per heavy atom. The molecule has 0 atom stereocenters. The molecule has 0 spiro atoms. The van der Waals surface area contributed by atoms with E-state index in [1.54, 1.807) is 0 Å². The van der Waals surface area contributed by atoms with Crippen molar-refractivity contribution in [2.75, 3.05) is 5.73 Å². The molecular formula is C15H16N4. The van der Waals surface area contributed by atoms with Crippen LogP contribution in [0.1, 0.15) is 19.9 Å². The highest BCUT2D eigenvalue weighted by Crippen LogP contribution is 2.32. The first-order valence-corrected chi connectivity index (χ1v) is 6.35. The van der Waals surface area contributed by atoms with Crippen LogP contribution in [0.25, 0.3) is 22.2 Å². The molecule has 3 aromatic rings. The Labute approximate surface area is 111 Å². The van der Waals surface area contributed by atoms with Crippen molar-refractivity contribution < 1.29 is 0 Å². The first kappa shape index (κ1) is 11.7. The summed E-state index contributed by atoms with van der Waals surface area (Å²) in [6.07, 6.45) is 3.63. The molecule has 96 valence electrons. The van der Waals surface area contributed by atoms with E-state index in [2.05, 4.69) is 46.7 Å². The molecule has 4 nitrogen and oxygen atoms in total. The predicted octanol–water partition coefficient (Wildman–Crippen LogP) is 3.26. The Hall–Kier alpha value is -2.36. The lowest BCUT2D eigenvalue weighted by molar-refractivity contribution is 0.623. The average molecular weight is 252 g/mol. The number of nitrogens with zero attached hydrogens (tertiary/aromatic N) is 3. The van der Waals surface area contributed by atoms with E-state index in [1.165, 1.54) is 6.33 Å². The van der Waals surface area contributed by atoms with Gasteiger partial charge < -0.3 is 10.3 Å². The van der Waals surface area contributed by atoms with Crippen molar-refractivity contribution >= 4 is 16.9 Å². The standard InChI is InChI=1S/C15H16N4/c1-10(2)19-8-12(11-6-4-3-5-7-11)13-14(19)15(16)18-9-17-13/h3-10H,1-2H3,(H2,16,17,18). The number of benzene rings is 1. The maximum Gasteiger partial charge on any atom is 0.151 e. The van der Waals surface area contributed by atoms with E-state index in [-0.39, 0.29) is 0 Å². The van der Waals surface area contributed by atoms with Gasteiger partial charge in [0.1, 0.15) is 17.4 Å². The quantitative estimate of drug-likeness (QED) is 0.761. The maximum atomic E-state index is 6.01. The summed E-state index contributed by atoms with van der Waals surface area (Å²) in [5, 5.41) is 0. The van der Waals surface area contributed by atoms with Crippen molar-refractivity contribution in [2.24, 2.45) is 0 Å². The molecule has 0 aliphatic rings. The van der Waals surface area contributed by atoms with E-state index in [9.17, 15) is 0 Å². The fourth-order valence-corrected chi connectivity index (χ4v) is 2.35. The van der Waals surface area contributed by atoms with Crippen LogP contribution in [0.2, 0.25) is 0 Å². The molecule has 0 aliphatic heterocycles. The molecule has 2 N–H and O–H groups in total. The van der Waals surface area contributed by atoms with E-state index >= 15 is 0 Å². The number of fused-ring (bicyclic) bond motifs is 1. The van der Waals surface area contributed by atoms with Crippen LogP contribution < -0.4 is 5.73 Å². The number of nitrogen functional groups attached to an aromatic ring is 1. The van der Waals surface area contributed by atoms with Gasteiger partial charge in [0.05, 0.1) is 0 Å². The van der Waals surface area contributed by atoms with Gasteiger partial charge >= 0.3 is 0 Å². The topological polar surface area (TPSA) is 56.7 Å². The summed E-state index contributed by atoms with van der Waals surface area (Å²) in [5.74, 6) is 0.529. The highest BCUT2D eigenvalue weighted by molar-refractivity contribution is 5.97. The zero-order chi connectivity index (χ0) is 13.4. The molecule has 2 heterocycles. The van der Waals surface area contributed by atoms with E-state index in [0.717, 1.165) is 22.2 Å². The highest BCUT2D eigenvalue weighted by atomic mass is 15.1. The lowest BCUT2D eigenvalue weighted by Gasteiger charge is -2.09. The highest BCUT2D eigenvalue weighted by Gasteiger charge is 2.15. The molecular weight excluding hydrogens is 236 g/mol. The maximum absolute atomic E-state index is 6.01. The Kier molecular flexibility index (Phi) is 2.71. The van der Waals surface area contributed by atoms with Gasteiger partial charge in [-0.25, -0.2) is 9.97 Å². The van der Waals surface area contributed by atoms with Crippen molar-refractivity contribution in [3.8, 4) is 11.1 Å². The number of anilines is 1. The number of hydrogen-bond donors (Lipinski definition) is 1. The van der Waals surface area contributed by atoms with Crippen molar-refractivity contribution in [3.05, 3.63) is 42.9 Å². The summed E-state index contributed by atoms with van der Waals surface area (Å²) >= 11 is 0. The SMILES string of the molecule is CC(C)n1cc(-c2ccccc2)c2ncnc(N)c21. The van der Waals surface area contributed by atoms with Gasteiger partial charge in [0.25, 0.3) is 0 Å². The average Bonchev–Trinajstić information content (AvgIpc) is 2.81. The van der Waals surface area contributed by atoms with Crippen molar-refractivity contribution in [1.82, 2.24) is 14.5 Å². The zero-order valence-electron chi connectivity index (χ0n) is 11.0. The summed E-state index contributed by atoms with van der Waals surface area (Å²) in [4.78, 5) is 8.51. The van der Waals surface area contributed by atoms with Gasteiger partial charge in [0.15, 0.2) is 5.82 Å². The molecule has 1 aromatic carbocycles. The largest absolute Gasteiger partial charge is 0.382 e. The molecule has 19 heavy (non-hydrogen) atoms. The van der Waals surface area contributed by atoms with Crippen LogP contribution >= 0.6 is 0 Å². The molecule has 2 aromatic heterocycles. The minimum atomic E-state index is 0.313. The molecule has 0 saturated heterocycles. The van der Waals surface area contributed by atoms with E-state index < -0.39 is 0 Å². The summed E-state index contributed by atoms with van der Waals surface area (Å²) in [7, 11) is 0. The molecule has 4 heteroatoms. The van der Waals surface area contributed by atoms with Crippen LogP contribution in [-0.2, 0) is 0 Å². The minimum absolute atomic E-state index is 0.313. The van der Waals surface area contributed by atoms with Crippen molar-refractivity contribution in [2.45, 2.75) is 19.9 Å². The van der Waals surface area contributed by atoms with E-state index in [1.807, 2.05) is 18.2 Å². The number of aromatic nitrogens is 3. The molecule has 0 amide bonds. The minimum Gasteiger partial charge on any atom is -0.382 e. The van der Waals surface area contributed by atoms with E-state index in [0.29, 0.717) is 11.9 Å². The van der Waals surface area contributed by atoms with Crippen molar-refractivity contribution in [1.29, 1.82) is 0 Å². The monoisotopic (exact) mass is 252 g/mol. The van der Waals surface area contributed by atoms with Crippen LogP contribution in [0, 0.1) is 0 Å². The Morgan fingerprint density at radius 3 is 2.53 bits per heavy atom. The van der Waals surface area contributed by atoms with Gasteiger partial charge in [-0.3, -0.25) is 0 Å². The Morgan fingerprint density at radius 2 is 1.84 bits per heavy atom. The second kappa shape index (κ2) is 4.39. The summed E-state index contributed by atoms with van der Waals surface area (Å²) in [6, 6.07) is 10.5. The molecule has 0 bridgehead atoms. The summed E-state index contributed by atoms with van der Waals surface area (Å²) in [5.41, 5.74) is 10.1. The number of nitrogens with two attached hydrogens (primary N) is 1. The van der Waals surface area contributed by atoms with Gasteiger partial charge in [0.2, 0.25) is 0 Å². The van der Waals surface area contributed by atoms with Crippen molar-refractivity contribution in [3.63, 3.8) is 0 Å². The third-order valence-corrected chi connectivity index (χ3v) is 3.27. The molecule has 3 rings (SSSR count). The summed E-state index contributed by atoms with van der Waals surface area (Å²) in [6.45, 7) is 4.25. The second-order valence-electron chi connectivity index (χ2n) is 4.87. The van der Waals surface area contributed by atoms with Gasteiger partial charge in [-0.15, -0.1) is 0 Å². The predicted molar refractivity (Wildman–Crippen MR) is 77.8 cm³/mol. The third-order valence-electron chi connectivity index (χ3n) is 3.27. The number of hydrogen-bond acceptors (Lipinski definition) is 3. The Balaban J connectivity index is 2.36. The summed E-state index contributed by atoms with van der Waals surface area (Å²) < 4.78 is 2.13. The number of rotatable bonds is 2. The first-order valence-electron chi connectivity index (χ1n) is 6.35. The fourth-order valence-electron chi connectivity index (χ4n) is 2.35. The molecule has 0 aliphatic carbocycles. The molecule has 0 radical (unpaired) electrons. The molecule has 0 saturated carbocycles. The molecule has 0 fully saturated rings. The van der Waals surface area contributed by atoms with Crippen LogP contribution in [0.3, 0.4) is 0 Å². The molecule has 0 unspecified atom stereocenters.